The van der Waals surface area contributed by atoms with Gasteiger partial charge in [-0.1, -0.05) is 388 Å². The van der Waals surface area contributed by atoms with Crippen molar-refractivity contribution < 1.29 is 0 Å². The zero-order valence-electron chi connectivity index (χ0n) is 70.3. The lowest BCUT2D eigenvalue weighted by molar-refractivity contribution is 0.563. The van der Waals surface area contributed by atoms with Crippen LogP contribution in [0.2, 0.25) is 0 Å². The first-order valence-electron chi connectivity index (χ1n) is 46.3. The Hall–Kier alpha value is -2.22. The number of rotatable bonds is 72. The van der Waals surface area contributed by atoms with Gasteiger partial charge in [0, 0.05) is 62.8 Å². The number of unbranched alkanes of at least 4 members (excludes halogenated alkanes) is 54. The Morgan fingerprint density at radius 1 is 0.148 bits per heavy atom. The maximum Gasteiger partial charge on any atom is 0.164 e. The molecule has 4 heterocycles. The van der Waals surface area contributed by atoms with Gasteiger partial charge < -0.3 is 0 Å². The van der Waals surface area contributed by atoms with Gasteiger partial charge in [0.2, 0.25) is 0 Å². The Morgan fingerprint density at radius 2 is 0.250 bits per heavy atom. The van der Waals surface area contributed by atoms with Crippen molar-refractivity contribution in [2.24, 2.45) is 30.0 Å². The van der Waals surface area contributed by atoms with E-state index in [1.165, 1.54) is 415 Å². The lowest BCUT2D eigenvalue weighted by Gasteiger charge is -2.13. The van der Waals surface area contributed by atoms with E-state index in [0.29, 0.717) is 0 Å². The Balaban J connectivity index is 1.24. The van der Waals surface area contributed by atoms with Gasteiger partial charge in [-0.2, -0.15) is 0 Å². The van der Waals surface area contributed by atoms with Crippen molar-refractivity contribution >= 4 is 106 Å². The SMILES string of the molecule is CCCCCCCCCCCCSc1cc2c(cc1SCCCCCCCCCCCC)C1=NC3=NC(=NC4=NC(=NC2=N1)c1cc(SCCCCCCCCCCCC)c(SCCCCCCCCCCCC)cc14)c1cc(SCCCCCCCCCCCC)c(SCCCCCCCCCCCC)cc13. The van der Waals surface area contributed by atoms with E-state index in [9.17, 15) is 0 Å². The van der Waals surface area contributed by atoms with Gasteiger partial charge in [0.1, 0.15) is 0 Å². The molecule has 0 saturated carbocycles. The first-order chi connectivity index (χ1) is 53.5. The minimum atomic E-state index is 0.718. The second kappa shape index (κ2) is 61.2. The van der Waals surface area contributed by atoms with E-state index in [1.54, 1.807) is 0 Å². The topological polar surface area (TPSA) is 74.2 Å². The monoisotopic (exact) mass is 1590 g/mol. The van der Waals surface area contributed by atoms with Crippen LogP contribution in [0.1, 0.15) is 460 Å². The van der Waals surface area contributed by atoms with E-state index in [2.05, 4.69) is 149 Å². The third-order valence-corrected chi connectivity index (χ3v) is 29.7. The molecule has 3 aromatic rings. The van der Waals surface area contributed by atoms with E-state index >= 15 is 0 Å². The fourth-order valence-corrected chi connectivity index (χ4v) is 22.5. The summed E-state index contributed by atoms with van der Waals surface area (Å²) in [6, 6.07) is 14.8. The molecule has 0 spiro atoms. The number of amidine groups is 6. The normalized spacial score (nSPS) is 13.5. The number of benzene rings is 3. The van der Waals surface area contributed by atoms with Crippen LogP contribution in [-0.4, -0.2) is 69.5 Å². The first-order valence-corrected chi connectivity index (χ1v) is 52.3. The molecule has 0 amide bonds. The van der Waals surface area contributed by atoms with Crippen molar-refractivity contribution in [3.05, 3.63) is 69.8 Å². The summed E-state index contributed by atoms with van der Waals surface area (Å²) < 4.78 is 0. The first kappa shape index (κ1) is 92.9. The molecule has 7 rings (SSSR count). The van der Waals surface area contributed by atoms with Gasteiger partial charge >= 0.3 is 0 Å². The van der Waals surface area contributed by atoms with Gasteiger partial charge in [0.15, 0.2) is 35.0 Å². The van der Waals surface area contributed by atoms with Crippen LogP contribution in [0.3, 0.4) is 0 Å². The highest BCUT2D eigenvalue weighted by molar-refractivity contribution is 8.03. The van der Waals surface area contributed by atoms with Crippen molar-refractivity contribution in [3.8, 4) is 0 Å². The molecule has 0 unspecified atom stereocenters. The van der Waals surface area contributed by atoms with E-state index in [4.69, 9.17) is 30.0 Å². The predicted molar refractivity (Wildman–Crippen MR) is 494 cm³/mol. The Morgan fingerprint density at radius 3 is 0.361 bits per heavy atom. The van der Waals surface area contributed by atoms with Crippen molar-refractivity contribution in [1.29, 1.82) is 0 Å². The molecule has 0 saturated heterocycles. The van der Waals surface area contributed by atoms with Crippen molar-refractivity contribution in [1.82, 2.24) is 0 Å². The van der Waals surface area contributed by atoms with Gasteiger partial charge in [-0.3, -0.25) is 0 Å². The number of hydrogen-bond donors (Lipinski definition) is 0. The lowest BCUT2D eigenvalue weighted by atomic mass is 10.1. The highest BCUT2D eigenvalue weighted by atomic mass is 32.2. The highest BCUT2D eigenvalue weighted by Crippen LogP contribution is 2.43. The summed E-state index contributed by atoms with van der Waals surface area (Å²) in [5.74, 6) is 11.0. The number of thioether (sulfide) groups is 6. The van der Waals surface area contributed by atoms with Crippen LogP contribution in [0.25, 0.3) is 0 Å². The summed E-state index contributed by atoms with van der Waals surface area (Å²) in [6.07, 6.45) is 81.2. The summed E-state index contributed by atoms with van der Waals surface area (Å²) in [5.41, 5.74) is 6.45. The maximum atomic E-state index is 5.70. The van der Waals surface area contributed by atoms with E-state index in [1.807, 2.05) is 0 Å². The molecule has 606 valence electrons. The molecule has 0 atom stereocenters. The van der Waals surface area contributed by atoms with Crippen molar-refractivity contribution in [2.75, 3.05) is 34.5 Å². The third-order valence-electron chi connectivity index (χ3n) is 22.5. The molecule has 6 nitrogen and oxygen atoms in total. The van der Waals surface area contributed by atoms with E-state index < -0.39 is 0 Å². The summed E-state index contributed by atoms with van der Waals surface area (Å²) >= 11 is 12.4. The average molecular weight is 1590 g/mol. The Labute approximate surface area is 690 Å². The van der Waals surface area contributed by atoms with Crippen molar-refractivity contribution in [3.63, 3.8) is 0 Å². The lowest BCUT2D eigenvalue weighted by Crippen LogP contribution is -2.04. The summed E-state index contributed by atoms with van der Waals surface area (Å²) in [5, 5.41) is 0. The van der Waals surface area contributed by atoms with Crippen LogP contribution in [0, 0.1) is 0 Å². The molecule has 0 radical (unpaired) electrons. The van der Waals surface area contributed by atoms with Gasteiger partial charge in [-0.05, 0) is 109 Å². The molecule has 6 bridgehead atoms. The molecule has 4 aliphatic heterocycles. The smallest absolute Gasteiger partial charge is 0.164 e. The highest BCUT2D eigenvalue weighted by Gasteiger charge is 2.33. The van der Waals surface area contributed by atoms with E-state index in [0.717, 1.165) is 103 Å². The van der Waals surface area contributed by atoms with Crippen LogP contribution < -0.4 is 0 Å². The molecule has 108 heavy (non-hydrogen) atoms. The second-order valence-electron chi connectivity index (χ2n) is 32.3. The van der Waals surface area contributed by atoms with Crippen LogP contribution >= 0.6 is 70.6 Å². The maximum absolute atomic E-state index is 5.70. The fraction of sp³-hybridized carbons (Fsp3) is 0.750. The second-order valence-corrected chi connectivity index (χ2v) is 39.1. The number of fused-ring (bicyclic) bond motifs is 12. The van der Waals surface area contributed by atoms with Gasteiger partial charge in [-0.15, -0.1) is 70.6 Å². The molecule has 3 aromatic carbocycles. The molecule has 0 N–H and O–H groups in total. The van der Waals surface area contributed by atoms with Crippen LogP contribution in [0.15, 0.2) is 95.7 Å². The fourth-order valence-electron chi connectivity index (χ4n) is 15.6. The minimum Gasteiger partial charge on any atom is -0.208 e. The number of aliphatic imine (C=N–C) groups is 6. The van der Waals surface area contributed by atoms with Crippen LogP contribution in [-0.2, 0) is 0 Å². The van der Waals surface area contributed by atoms with Crippen molar-refractivity contribution in [2.45, 2.75) is 456 Å². The molecule has 0 aromatic heterocycles. The van der Waals surface area contributed by atoms with Gasteiger partial charge in [0.25, 0.3) is 0 Å². The molecule has 4 aliphatic rings. The predicted octanol–water partition coefficient (Wildman–Crippen LogP) is 33.7. The summed E-state index contributed by atoms with van der Waals surface area (Å²) in [4.78, 5) is 42.1. The largest absolute Gasteiger partial charge is 0.208 e. The standard InChI is InChI=1S/C96H156N6S6/c1-7-13-19-25-31-37-43-49-55-61-67-103-85-73-79-80(74-86(85)104-68-62-56-50-44-38-32-26-20-14-8-2)92-97-91(79)100-93-81-75-87(105-69-63-57-51-45-39-33-27-21-15-9-3)88(106-70-64-58-52-46-40-34-28-22-16-10-4)76-82(81)95(98-93)102-96-84-78-90(108-72-66-60-54-48-42-36-30-24-18-12-6)89(77-83(84)94(99-96)101-92)107-71-65-59-53-47-41-35-29-23-17-11-5/h73-78H,7-72H2,1-6H3. The number of hydrogen-bond acceptors (Lipinski definition) is 12. The van der Waals surface area contributed by atoms with Gasteiger partial charge in [-0.25, -0.2) is 30.0 Å². The Kier molecular flexibility index (Phi) is 52.7. The zero-order chi connectivity index (χ0) is 75.8. The summed E-state index contributed by atoms with van der Waals surface area (Å²) in [7, 11) is 0. The Bertz CT molecular complexity index is 2750. The summed E-state index contributed by atoms with van der Waals surface area (Å²) in [6.45, 7) is 13.9. The molecular weight excluding hydrogens is 1430 g/mol. The third kappa shape index (κ3) is 37.2. The molecule has 0 fully saturated rings. The van der Waals surface area contributed by atoms with Crippen LogP contribution in [0.4, 0.5) is 0 Å². The zero-order valence-corrected chi connectivity index (χ0v) is 75.2. The molecule has 0 aliphatic carbocycles. The minimum absolute atomic E-state index is 0.718. The van der Waals surface area contributed by atoms with E-state index in [-0.39, 0.29) is 0 Å². The number of nitrogens with zero attached hydrogens (tertiary/aromatic N) is 6. The molecule has 12 heteroatoms. The average Bonchev–Trinajstić information content (AvgIpc) is 1.59. The van der Waals surface area contributed by atoms with Crippen LogP contribution in [0.5, 0.6) is 0 Å². The molecular formula is C96H156N6S6. The van der Waals surface area contributed by atoms with Gasteiger partial charge in [0.05, 0.1) is 0 Å². The quantitative estimate of drug-likeness (QED) is 0.0414.